The number of hydrogen-bond donors (Lipinski definition) is 2. The second-order valence-electron chi connectivity index (χ2n) is 6.33. The Bertz CT molecular complexity index is 940. The standard InChI is InChI=1S/C20H22F2N4/c1-11-15(6-5-7-16(11)19(21)22)12(2)24-20-17-10-14(23-4)8-9-18(17)25-13(3)26-20/h5-10,12,19,23H,1-4H3,(H,24,25,26)/t12-/m1/s1. The van der Waals surface area contributed by atoms with E-state index < -0.39 is 6.43 Å². The summed E-state index contributed by atoms with van der Waals surface area (Å²) in [6.45, 7) is 5.52. The molecule has 4 nitrogen and oxygen atoms in total. The van der Waals surface area contributed by atoms with Crippen LogP contribution in [0.5, 0.6) is 0 Å². The number of nitrogens with zero attached hydrogens (tertiary/aromatic N) is 2. The van der Waals surface area contributed by atoms with Crippen LogP contribution in [0, 0.1) is 13.8 Å². The van der Waals surface area contributed by atoms with Gasteiger partial charge in [-0.3, -0.25) is 0 Å². The molecule has 0 saturated carbocycles. The fraction of sp³-hybridized carbons (Fsp3) is 0.300. The van der Waals surface area contributed by atoms with Crippen molar-refractivity contribution in [2.24, 2.45) is 0 Å². The summed E-state index contributed by atoms with van der Waals surface area (Å²) in [5.74, 6) is 1.35. The molecule has 0 bridgehead atoms. The summed E-state index contributed by atoms with van der Waals surface area (Å²) in [6.07, 6.45) is -2.48. The SMILES string of the molecule is CNc1ccc2nc(C)nc(N[C@H](C)c3cccc(C(F)F)c3C)c2c1. The largest absolute Gasteiger partial charge is 0.388 e. The molecule has 2 aromatic carbocycles. The summed E-state index contributed by atoms with van der Waals surface area (Å²) in [7, 11) is 1.85. The van der Waals surface area contributed by atoms with Crippen molar-refractivity contribution in [1.29, 1.82) is 0 Å². The molecular formula is C20H22F2N4. The van der Waals surface area contributed by atoms with E-state index in [1.54, 1.807) is 13.0 Å². The molecule has 3 aromatic rings. The maximum atomic E-state index is 13.2. The number of alkyl halides is 2. The van der Waals surface area contributed by atoms with Gasteiger partial charge in [0.05, 0.1) is 11.6 Å². The average Bonchev–Trinajstić information content (AvgIpc) is 2.61. The zero-order chi connectivity index (χ0) is 18.8. The number of rotatable bonds is 5. The van der Waals surface area contributed by atoms with E-state index in [0.29, 0.717) is 17.2 Å². The van der Waals surface area contributed by atoms with E-state index in [4.69, 9.17) is 0 Å². The lowest BCUT2D eigenvalue weighted by molar-refractivity contribution is 0.150. The normalized spacial score (nSPS) is 12.4. The maximum Gasteiger partial charge on any atom is 0.264 e. The topological polar surface area (TPSA) is 49.8 Å². The molecular weight excluding hydrogens is 334 g/mol. The highest BCUT2D eigenvalue weighted by Gasteiger charge is 2.17. The van der Waals surface area contributed by atoms with Crippen LogP contribution in [0.25, 0.3) is 10.9 Å². The smallest absolute Gasteiger partial charge is 0.264 e. The van der Waals surface area contributed by atoms with Gasteiger partial charge >= 0.3 is 0 Å². The van der Waals surface area contributed by atoms with Crippen LogP contribution >= 0.6 is 0 Å². The predicted octanol–water partition coefficient (Wildman–Crippen LogP) is 5.40. The number of nitrogens with one attached hydrogen (secondary N) is 2. The van der Waals surface area contributed by atoms with Gasteiger partial charge in [-0.1, -0.05) is 18.2 Å². The molecule has 3 rings (SSSR count). The molecule has 0 aliphatic rings. The van der Waals surface area contributed by atoms with Crippen molar-refractivity contribution in [2.45, 2.75) is 33.2 Å². The molecule has 1 atom stereocenters. The number of aromatic nitrogens is 2. The zero-order valence-corrected chi connectivity index (χ0v) is 15.3. The van der Waals surface area contributed by atoms with Gasteiger partial charge in [-0.2, -0.15) is 0 Å². The van der Waals surface area contributed by atoms with Crippen LogP contribution < -0.4 is 10.6 Å². The molecule has 1 heterocycles. The van der Waals surface area contributed by atoms with E-state index in [9.17, 15) is 8.78 Å². The van der Waals surface area contributed by atoms with E-state index in [2.05, 4.69) is 20.6 Å². The van der Waals surface area contributed by atoms with Crippen molar-refractivity contribution in [3.8, 4) is 0 Å². The molecule has 0 amide bonds. The molecule has 26 heavy (non-hydrogen) atoms. The van der Waals surface area contributed by atoms with E-state index in [-0.39, 0.29) is 11.6 Å². The van der Waals surface area contributed by atoms with Crippen LogP contribution in [0.2, 0.25) is 0 Å². The van der Waals surface area contributed by atoms with Gasteiger partial charge in [0.1, 0.15) is 11.6 Å². The Kier molecular flexibility index (Phi) is 5.02. The van der Waals surface area contributed by atoms with E-state index in [0.717, 1.165) is 22.2 Å². The van der Waals surface area contributed by atoms with Crippen LogP contribution in [0.1, 0.15) is 41.9 Å². The Labute approximate surface area is 151 Å². The minimum atomic E-state index is -2.48. The fourth-order valence-electron chi connectivity index (χ4n) is 3.17. The summed E-state index contributed by atoms with van der Waals surface area (Å²) in [5, 5.41) is 7.37. The van der Waals surface area contributed by atoms with Crippen molar-refractivity contribution in [3.05, 3.63) is 58.9 Å². The quantitative estimate of drug-likeness (QED) is 0.643. The van der Waals surface area contributed by atoms with Gasteiger partial charge < -0.3 is 10.6 Å². The lowest BCUT2D eigenvalue weighted by Crippen LogP contribution is -2.12. The van der Waals surface area contributed by atoms with Crippen LogP contribution in [0.4, 0.5) is 20.3 Å². The second-order valence-corrected chi connectivity index (χ2v) is 6.33. The van der Waals surface area contributed by atoms with Gasteiger partial charge in [0.2, 0.25) is 0 Å². The fourth-order valence-corrected chi connectivity index (χ4v) is 3.17. The van der Waals surface area contributed by atoms with Gasteiger partial charge in [0.25, 0.3) is 6.43 Å². The number of aryl methyl sites for hydroxylation is 1. The van der Waals surface area contributed by atoms with Gasteiger partial charge in [-0.15, -0.1) is 0 Å². The summed E-state index contributed by atoms with van der Waals surface area (Å²) in [6, 6.07) is 10.7. The Morgan fingerprint density at radius 2 is 1.73 bits per heavy atom. The highest BCUT2D eigenvalue weighted by Crippen LogP contribution is 2.31. The third-order valence-electron chi connectivity index (χ3n) is 4.57. The van der Waals surface area contributed by atoms with E-state index >= 15 is 0 Å². The average molecular weight is 356 g/mol. The lowest BCUT2D eigenvalue weighted by atomic mass is 9.97. The molecule has 0 radical (unpaired) electrons. The molecule has 1 aromatic heterocycles. The summed E-state index contributed by atoms with van der Waals surface area (Å²) in [4.78, 5) is 9.00. The summed E-state index contributed by atoms with van der Waals surface area (Å²) >= 11 is 0. The minimum Gasteiger partial charge on any atom is -0.388 e. The molecule has 2 N–H and O–H groups in total. The van der Waals surface area contributed by atoms with Crippen molar-refractivity contribution >= 4 is 22.4 Å². The highest BCUT2D eigenvalue weighted by molar-refractivity contribution is 5.91. The third-order valence-corrected chi connectivity index (χ3v) is 4.57. The molecule has 0 fully saturated rings. The predicted molar refractivity (Wildman–Crippen MR) is 102 cm³/mol. The summed E-state index contributed by atoms with van der Waals surface area (Å²) < 4.78 is 26.4. The molecule has 6 heteroatoms. The van der Waals surface area contributed by atoms with E-state index in [1.807, 2.05) is 45.2 Å². The number of hydrogen-bond acceptors (Lipinski definition) is 4. The highest BCUT2D eigenvalue weighted by atomic mass is 19.3. The van der Waals surface area contributed by atoms with Gasteiger partial charge in [-0.05, 0) is 50.1 Å². The van der Waals surface area contributed by atoms with Gasteiger partial charge in [0.15, 0.2) is 0 Å². The van der Waals surface area contributed by atoms with Gasteiger partial charge in [-0.25, -0.2) is 18.7 Å². The number of halogens is 2. The molecule has 0 unspecified atom stereocenters. The minimum absolute atomic E-state index is 0.0670. The van der Waals surface area contributed by atoms with Crippen molar-refractivity contribution in [2.75, 3.05) is 17.7 Å². The number of anilines is 2. The first-order valence-electron chi connectivity index (χ1n) is 8.51. The van der Waals surface area contributed by atoms with Crippen molar-refractivity contribution < 1.29 is 8.78 Å². The Morgan fingerprint density at radius 1 is 1.00 bits per heavy atom. The van der Waals surface area contributed by atoms with Gasteiger partial charge in [0, 0.05) is 23.7 Å². The number of fused-ring (bicyclic) bond motifs is 1. The first kappa shape index (κ1) is 18.0. The Morgan fingerprint density at radius 3 is 2.42 bits per heavy atom. The lowest BCUT2D eigenvalue weighted by Gasteiger charge is -2.20. The summed E-state index contributed by atoms with van der Waals surface area (Å²) in [5.41, 5.74) is 3.30. The third kappa shape index (κ3) is 3.45. The van der Waals surface area contributed by atoms with E-state index in [1.165, 1.54) is 6.07 Å². The Hall–Kier alpha value is -2.76. The maximum absolute atomic E-state index is 13.2. The van der Waals surface area contributed by atoms with Crippen LogP contribution in [-0.2, 0) is 0 Å². The first-order chi connectivity index (χ1) is 12.4. The molecule has 0 saturated heterocycles. The first-order valence-corrected chi connectivity index (χ1v) is 8.51. The molecule has 0 aliphatic heterocycles. The van der Waals surface area contributed by atoms with Crippen molar-refractivity contribution in [3.63, 3.8) is 0 Å². The van der Waals surface area contributed by atoms with Crippen LogP contribution in [0.15, 0.2) is 36.4 Å². The van der Waals surface area contributed by atoms with Crippen LogP contribution in [0.3, 0.4) is 0 Å². The molecule has 136 valence electrons. The zero-order valence-electron chi connectivity index (χ0n) is 15.3. The van der Waals surface area contributed by atoms with Crippen LogP contribution in [-0.4, -0.2) is 17.0 Å². The molecule has 0 aliphatic carbocycles. The monoisotopic (exact) mass is 356 g/mol. The molecule has 0 spiro atoms. The Balaban J connectivity index is 2.02. The second kappa shape index (κ2) is 7.23. The van der Waals surface area contributed by atoms with Crippen molar-refractivity contribution in [1.82, 2.24) is 9.97 Å². The number of benzene rings is 2.